The first-order chi connectivity index (χ1) is 14.9. The number of nitro benzene ring substituents is 1. The Balaban J connectivity index is 1.52. The molecule has 31 heavy (non-hydrogen) atoms. The number of anilines is 1. The molecule has 160 valence electrons. The number of rotatable bonds is 4. The summed E-state index contributed by atoms with van der Waals surface area (Å²) in [5.41, 5.74) is 2.47. The SMILES string of the molecule is COc1ccc2cc(C(=O)N3CCN(c4ccc(Cl)cc4[N+](=O)[O-])CC3)c(C)nc2c1. The second-order valence-corrected chi connectivity index (χ2v) is 7.79. The van der Waals surface area contributed by atoms with E-state index in [1.54, 1.807) is 24.1 Å². The highest BCUT2D eigenvalue weighted by Gasteiger charge is 2.27. The smallest absolute Gasteiger partial charge is 0.294 e. The third-order valence-corrected chi connectivity index (χ3v) is 5.72. The standard InChI is InChI=1S/C22H21ClN4O4/c1-14-18(11-15-3-5-17(31-2)13-19(15)24-14)22(28)26-9-7-25(8-10-26)20-6-4-16(23)12-21(20)27(29)30/h3-6,11-13H,7-10H2,1-2H3. The summed E-state index contributed by atoms with van der Waals surface area (Å²) in [7, 11) is 1.60. The number of amides is 1. The number of nitrogens with zero attached hydrogens (tertiary/aromatic N) is 4. The number of fused-ring (bicyclic) bond motifs is 1. The van der Waals surface area contributed by atoms with Gasteiger partial charge in [-0.15, -0.1) is 0 Å². The second-order valence-electron chi connectivity index (χ2n) is 7.35. The minimum absolute atomic E-state index is 0.0303. The molecule has 0 N–H and O–H groups in total. The average Bonchev–Trinajstić information content (AvgIpc) is 2.77. The Morgan fingerprint density at radius 2 is 1.87 bits per heavy atom. The predicted molar refractivity (Wildman–Crippen MR) is 119 cm³/mol. The highest BCUT2D eigenvalue weighted by atomic mass is 35.5. The molecule has 8 nitrogen and oxygen atoms in total. The lowest BCUT2D eigenvalue weighted by molar-refractivity contribution is -0.384. The van der Waals surface area contributed by atoms with Crippen molar-refractivity contribution >= 4 is 39.8 Å². The van der Waals surface area contributed by atoms with E-state index in [2.05, 4.69) is 4.98 Å². The van der Waals surface area contributed by atoms with Gasteiger partial charge in [0.05, 0.1) is 28.8 Å². The van der Waals surface area contributed by atoms with Crippen molar-refractivity contribution in [2.45, 2.75) is 6.92 Å². The van der Waals surface area contributed by atoms with E-state index >= 15 is 0 Å². The van der Waals surface area contributed by atoms with Gasteiger partial charge in [-0.05, 0) is 37.3 Å². The van der Waals surface area contributed by atoms with Gasteiger partial charge in [-0.2, -0.15) is 0 Å². The fourth-order valence-electron chi connectivity index (χ4n) is 3.82. The molecule has 0 saturated carbocycles. The van der Waals surface area contributed by atoms with Crippen LogP contribution in [0.3, 0.4) is 0 Å². The van der Waals surface area contributed by atoms with Crippen molar-refractivity contribution in [3.63, 3.8) is 0 Å². The second kappa shape index (κ2) is 8.39. The molecule has 0 atom stereocenters. The lowest BCUT2D eigenvalue weighted by atomic mass is 10.1. The van der Waals surface area contributed by atoms with Crippen molar-refractivity contribution in [3.8, 4) is 5.75 Å². The van der Waals surface area contributed by atoms with Crippen molar-refractivity contribution in [1.29, 1.82) is 0 Å². The van der Waals surface area contributed by atoms with Gasteiger partial charge in [0.25, 0.3) is 11.6 Å². The van der Waals surface area contributed by atoms with Crippen LogP contribution < -0.4 is 9.64 Å². The molecule has 1 aliphatic rings. The minimum atomic E-state index is -0.433. The Hall–Kier alpha value is -3.39. The van der Waals surface area contributed by atoms with Gasteiger partial charge in [-0.3, -0.25) is 19.9 Å². The summed E-state index contributed by atoms with van der Waals surface area (Å²) in [5, 5.41) is 12.6. The minimum Gasteiger partial charge on any atom is -0.497 e. The number of benzene rings is 2. The number of carbonyl (C=O) groups is 1. The van der Waals surface area contributed by atoms with Crippen molar-refractivity contribution in [2.75, 3.05) is 38.2 Å². The van der Waals surface area contributed by atoms with Crippen LogP contribution >= 0.6 is 11.6 Å². The average molecular weight is 441 g/mol. The van der Waals surface area contributed by atoms with E-state index in [4.69, 9.17) is 16.3 Å². The fourth-order valence-corrected chi connectivity index (χ4v) is 3.98. The first kappa shape index (κ1) is 20.9. The molecule has 1 fully saturated rings. The number of pyridine rings is 1. The van der Waals surface area contributed by atoms with E-state index < -0.39 is 4.92 Å². The maximum Gasteiger partial charge on any atom is 0.294 e. The van der Waals surface area contributed by atoms with Crippen molar-refractivity contribution in [3.05, 3.63) is 68.9 Å². The number of halogens is 1. The summed E-state index contributed by atoms with van der Waals surface area (Å²) in [4.78, 5) is 32.4. The Morgan fingerprint density at radius 3 is 2.55 bits per heavy atom. The third kappa shape index (κ3) is 4.11. The van der Waals surface area contributed by atoms with E-state index in [0.29, 0.717) is 53.9 Å². The van der Waals surface area contributed by atoms with Gasteiger partial charge in [0, 0.05) is 48.7 Å². The zero-order chi connectivity index (χ0) is 22.1. The van der Waals surface area contributed by atoms with Crippen LogP contribution in [0.4, 0.5) is 11.4 Å². The maximum absolute atomic E-state index is 13.2. The number of aryl methyl sites for hydroxylation is 1. The van der Waals surface area contributed by atoms with Gasteiger partial charge < -0.3 is 14.5 Å². The van der Waals surface area contributed by atoms with E-state index in [0.717, 1.165) is 10.9 Å². The highest BCUT2D eigenvalue weighted by Crippen LogP contribution is 2.32. The molecular weight excluding hydrogens is 420 g/mol. The number of piperazine rings is 1. The van der Waals surface area contributed by atoms with Crippen molar-refractivity contribution < 1.29 is 14.5 Å². The van der Waals surface area contributed by atoms with Gasteiger partial charge in [-0.1, -0.05) is 11.6 Å². The van der Waals surface area contributed by atoms with Crippen LogP contribution in [0.2, 0.25) is 5.02 Å². The number of aromatic nitrogens is 1. The molecule has 1 aromatic heterocycles. The Bertz CT molecular complexity index is 1180. The molecule has 0 radical (unpaired) electrons. The largest absolute Gasteiger partial charge is 0.497 e. The van der Waals surface area contributed by atoms with E-state index in [9.17, 15) is 14.9 Å². The number of hydrogen-bond donors (Lipinski definition) is 0. The molecule has 9 heteroatoms. The van der Waals surface area contributed by atoms with Gasteiger partial charge in [0.1, 0.15) is 11.4 Å². The zero-order valence-corrected chi connectivity index (χ0v) is 17.9. The van der Waals surface area contributed by atoms with Crippen molar-refractivity contribution in [2.24, 2.45) is 0 Å². The number of hydrogen-bond acceptors (Lipinski definition) is 6. The molecule has 2 aromatic carbocycles. The molecule has 4 rings (SSSR count). The van der Waals surface area contributed by atoms with Gasteiger partial charge in [-0.25, -0.2) is 0 Å². The highest BCUT2D eigenvalue weighted by molar-refractivity contribution is 6.30. The first-order valence-electron chi connectivity index (χ1n) is 9.81. The molecule has 3 aromatic rings. The van der Waals surface area contributed by atoms with Crippen LogP contribution in [0.15, 0.2) is 42.5 Å². The molecule has 2 heterocycles. The monoisotopic (exact) mass is 440 g/mol. The lowest BCUT2D eigenvalue weighted by Crippen LogP contribution is -2.49. The molecular formula is C22H21ClN4O4. The molecule has 0 unspecified atom stereocenters. The topological polar surface area (TPSA) is 88.8 Å². The fraction of sp³-hybridized carbons (Fsp3) is 0.273. The van der Waals surface area contributed by atoms with Crippen LogP contribution in [-0.4, -0.2) is 54.0 Å². The Kier molecular flexibility index (Phi) is 5.65. The van der Waals surface area contributed by atoms with E-state index in [-0.39, 0.29) is 11.6 Å². The Morgan fingerprint density at radius 1 is 1.13 bits per heavy atom. The van der Waals surface area contributed by atoms with Crippen molar-refractivity contribution in [1.82, 2.24) is 9.88 Å². The van der Waals surface area contributed by atoms with E-state index in [1.165, 1.54) is 6.07 Å². The number of carbonyl (C=O) groups excluding carboxylic acids is 1. The number of nitro groups is 1. The third-order valence-electron chi connectivity index (χ3n) is 5.49. The molecule has 1 amide bonds. The molecule has 0 spiro atoms. The zero-order valence-electron chi connectivity index (χ0n) is 17.2. The molecule has 0 bridgehead atoms. The normalized spacial score (nSPS) is 14.0. The predicted octanol–water partition coefficient (Wildman–Crippen LogP) is 4.08. The van der Waals surface area contributed by atoms with Crippen LogP contribution in [0.1, 0.15) is 16.1 Å². The molecule has 1 saturated heterocycles. The molecule has 1 aliphatic heterocycles. The summed E-state index contributed by atoms with van der Waals surface area (Å²) in [5.74, 6) is 0.624. The lowest BCUT2D eigenvalue weighted by Gasteiger charge is -2.36. The summed E-state index contributed by atoms with van der Waals surface area (Å²) in [6, 6.07) is 12.1. The summed E-state index contributed by atoms with van der Waals surface area (Å²) >= 11 is 5.92. The Labute approximate surface area is 184 Å². The number of methoxy groups -OCH3 is 1. The molecule has 0 aliphatic carbocycles. The van der Waals surface area contributed by atoms with Crippen LogP contribution in [0.25, 0.3) is 10.9 Å². The van der Waals surface area contributed by atoms with Crippen LogP contribution in [-0.2, 0) is 0 Å². The quantitative estimate of drug-likeness (QED) is 0.448. The van der Waals surface area contributed by atoms with Gasteiger partial charge >= 0.3 is 0 Å². The summed E-state index contributed by atoms with van der Waals surface area (Å²) in [6.07, 6.45) is 0. The van der Waals surface area contributed by atoms with Gasteiger partial charge in [0.15, 0.2) is 0 Å². The van der Waals surface area contributed by atoms with Gasteiger partial charge in [0.2, 0.25) is 0 Å². The van der Waals surface area contributed by atoms with E-state index in [1.807, 2.05) is 36.1 Å². The van der Waals surface area contributed by atoms with Crippen LogP contribution in [0, 0.1) is 17.0 Å². The number of ether oxygens (including phenoxy) is 1. The summed E-state index contributed by atoms with van der Waals surface area (Å²) < 4.78 is 5.24. The summed E-state index contributed by atoms with van der Waals surface area (Å²) in [6.45, 7) is 3.72. The maximum atomic E-state index is 13.2. The first-order valence-corrected chi connectivity index (χ1v) is 10.2. The van der Waals surface area contributed by atoms with Crippen LogP contribution in [0.5, 0.6) is 5.75 Å².